The molecule has 2 aliphatic rings. The van der Waals surface area contributed by atoms with Crippen LogP contribution < -0.4 is 4.74 Å². The van der Waals surface area contributed by atoms with E-state index in [4.69, 9.17) is 9.47 Å². The summed E-state index contributed by atoms with van der Waals surface area (Å²) in [5.41, 5.74) is 3.02. The molecule has 0 amide bonds. The summed E-state index contributed by atoms with van der Waals surface area (Å²) in [5.74, 6) is 1.71. The van der Waals surface area contributed by atoms with Gasteiger partial charge in [0.1, 0.15) is 5.75 Å². The molecule has 0 radical (unpaired) electrons. The smallest absolute Gasteiger partial charge is 0.121 e. The van der Waals surface area contributed by atoms with Crippen LogP contribution in [0.25, 0.3) is 0 Å². The zero-order chi connectivity index (χ0) is 11.9. The van der Waals surface area contributed by atoms with Gasteiger partial charge in [-0.05, 0) is 55.7 Å². The molecule has 2 heteroatoms. The first-order chi connectivity index (χ1) is 8.22. The fraction of sp³-hybridized carbons (Fsp3) is 0.600. The number of rotatable bonds is 2. The normalized spacial score (nSPS) is 31.5. The van der Waals surface area contributed by atoms with Crippen molar-refractivity contribution in [3.8, 4) is 5.75 Å². The molecule has 17 heavy (non-hydrogen) atoms. The van der Waals surface area contributed by atoms with Crippen LogP contribution in [0.1, 0.15) is 42.7 Å². The van der Waals surface area contributed by atoms with Crippen LogP contribution in [0.4, 0.5) is 0 Å². The van der Waals surface area contributed by atoms with E-state index in [1.165, 1.54) is 36.8 Å². The highest BCUT2D eigenvalue weighted by Gasteiger charge is 2.46. The van der Waals surface area contributed by atoms with Crippen molar-refractivity contribution in [2.75, 3.05) is 13.7 Å². The van der Waals surface area contributed by atoms with E-state index in [0.717, 1.165) is 18.3 Å². The molecule has 92 valence electrons. The Morgan fingerprint density at radius 2 is 2.00 bits per heavy atom. The molecule has 1 aliphatic carbocycles. The van der Waals surface area contributed by atoms with Gasteiger partial charge in [-0.25, -0.2) is 0 Å². The van der Waals surface area contributed by atoms with Gasteiger partial charge in [0, 0.05) is 0 Å². The predicted molar refractivity (Wildman–Crippen MR) is 67.6 cm³/mol. The molecule has 0 N–H and O–H groups in total. The third kappa shape index (κ3) is 2.06. The van der Waals surface area contributed by atoms with Crippen LogP contribution in [-0.2, 0) is 4.74 Å². The number of aryl methyl sites for hydroxylation is 1. The lowest BCUT2D eigenvalue weighted by molar-refractivity contribution is 0.223. The number of benzene rings is 1. The Kier molecular flexibility index (Phi) is 2.62. The molecule has 1 aromatic carbocycles. The standard InChI is InChI=1S/C15H20O2/c1-11-9-13(3-4-14(11)16-2)12-5-7-15(8-6-12)10-17-15/h3-4,9,12H,5-8,10H2,1-2H3. The maximum atomic E-state index is 5.56. The largest absolute Gasteiger partial charge is 0.496 e. The summed E-state index contributed by atoms with van der Waals surface area (Å²) < 4.78 is 10.9. The van der Waals surface area contributed by atoms with Gasteiger partial charge in [-0.1, -0.05) is 12.1 Å². The van der Waals surface area contributed by atoms with Crippen LogP contribution in [0.15, 0.2) is 18.2 Å². The number of ether oxygens (including phenoxy) is 2. The van der Waals surface area contributed by atoms with E-state index in [-0.39, 0.29) is 0 Å². The van der Waals surface area contributed by atoms with Crippen molar-refractivity contribution in [2.45, 2.75) is 44.1 Å². The lowest BCUT2D eigenvalue weighted by atomic mass is 9.78. The third-order valence-corrected chi connectivity index (χ3v) is 4.34. The second-order valence-electron chi connectivity index (χ2n) is 5.48. The molecule has 1 saturated carbocycles. The average molecular weight is 232 g/mol. The van der Waals surface area contributed by atoms with E-state index in [1.807, 2.05) is 0 Å². The second-order valence-corrected chi connectivity index (χ2v) is 5.48. The molecule has 0 unspecified atom stereocenters. The highest BCUT2D eigenvalue weighted by Crippen LogP contribution is 2.46. The number of hydrogen-bond acceptors (Lipinski definition) is 2. The Bertz CT molecular complexity index is 411. The van der Waals surface area contributed by atoms with Crippen LogP contribution in [0.2, 0.25) is 0 Å². The Morgan fingerprint density at radius 1 is 1.29 bits per heavy atom. The fourth-order valence-corrected chi connectivity index (χ4v) is 3.02. The van der Waals surface area contributed by atoms with Crippen LogP contribution >= 0.6 is 0 Å². The van der Waals surface area contributed by atoms with Crippen LogP contribution in [0.5, 0.6) is 5.75 Å². The zero-order valence-electron chi connectivity index (χ0n) is 10.7. The van der Waals surface area contributed by atoms with Gasteiger partial charge in [0.25, 0.3) is 0 Å². The number of methoxy groups -OCH3 is 1. The average Bonchev–Trinajstić information content (AvgIpc) is 3.10. The first kappa shape index (κ1) is 11.1. The molecule has 2 nitrogen and oxygen atoms in total. The summed E-state index contributed by atoms with van der Waals surface area (Å²) in [6.07, 6.45) is 5.02. The summed E-state index contributed by atoms with van der Waals surface area (Å²) >= 11 is 0. The van der Waals surface area contributed by atoms with Crippen molar-refractivity contribution < 1.29 is 9.47 Å². The van der Waals surface area contributed by atoms with E-state index in [9.17, 15) is 0 Å². The first-order valence-electron chi connectivity index (χ1n) is 6.51. The molecule has 2 fully saturated rings. The van der Waals surface area contributed by atoms with Gasteiger partial charge in [-0.3, -0.25) is 0 Å². The Labute approximate surface area is 103 Å². The summed E-state index contributed by atoms with van der Waals surface area (Å²) in [6, 6.07) is 6.61. The van der Waals surface area contributed by atoms with Crippen molar-refractivity contribution in [2.24, 2.45) is 0 Å². The minimum atomic E-state index is 0.304. The van der Waals surface area contributed by atoms with Crippen molar-refractivity contribution in [1.29, 1.82) is 0 Å². The maximum Gasteiger partial charge on any atom is 0.121 e. The van der Waals surface area contributed by atoms with Crippen molar-refractivity contribution in [3.63, 3.8) is 0 Å². The van der Waals surface area contributed by atoms with Crippen LogP contribution in [-0.4, -0.2) is 19.3 Å². The van der Waals surface area contributed by atoms with Gasteiger partial charge in [-0.2, -0.15) is 0 Å². The van der Waals surface area contributed by atoms with Gasteiger partial charge in [0.2, 0.25) is 0 Å². The number of epoxide rings is 1. The summed E-state index contributed by atoms with van der Waals surface area (Å²) in [6.45, 7) is 3.12. The Hall–Kier alpha value is -1.02. The van der Waals surface area contributed by atoms with E-state index in [2.05, 4.69) is 25.1 Å². The van der Waals surface area contributed by atoms with Crippen LogP contribution in [0, 0.1) is 6.92 Å². The molecule has 1 saturated heterocycles. The SMILES string of the molecule is COc1ccc(C2CCC3(CC2)CO3)cc1C. The topological polar surface area (TPSA) is 21.8 Å². The lowest BCUT2D eigenvalue weighted by Gasteiger charge is -2.27. The van der Waals surface area contributed by atoms with Gasteiger partial charge in [0.05, 0.1) is 19.3 Å². The first-order valence-corrected chi connectivity index (χ1v) is 6.51. The highest BCUT2D eigenvalue weighted by molar-refractivity contribution is 5.37. The molecule has 1 aliphatic heterocycles. The molecular weight excluding hydrogens is 212 g/mol. The summed E-state index contributed by atoms with van der Waals surface area (Å²) in [7, 11) is 1.73. The molecule has 1 spiro atoms. The molecule has 3 rings (SSSR count). The fourth-order valence-electron chi connectivity index (χ4n) is 3.02. The molecule has 0 bridgehead atoms. The van der Waals surface area contributed by atoms with E-state index in [1.54, 1.807) is 7.11 Å². The molecule has 1 aromatic rings. The van der Waals surface area contributed by atoms with Crippen LogP contribution in [0.3, 0.4) is 0 Å². The Morgan fingerprint density at radius 3 is 2.53 bits per heavy atom. The van der Waals surface area contributed by atoms with Gasteiger partial charge < -0.3 is 9.47 Å². The van der Waals surface area contributed by atoms with E-state index < -0.39 is 0 Å². The second kappa shape index (κ2) is 4.02. The van der Waals surface area contributed by atoms with Gasteiger partial charge >= 0.3 is 0 Å². The molecular formula is C15H20O2. The third-order valence-electron chi connectivity index (χ3n) is 4.34. The van der Waals surface area contributed by atoms with E-state index >= 15 is 0 Å². The Balaban J connectivity index is 1.73. The zero-order valence-corrected chi connectivity index (χ0v) is 10.7. The van der Waals surface area contributed by atoms with Crippen molar-refractivity contribution >= 4 is 0 Å². The lowest BCUT2D eigenvalue weighted by Crippen LogP contribution is -2.20. The minimum Gasteiger partial charge on any atom is -0.496 e. The molecule has 0 atom stereocenters. The number of hydrogen-bond donors (Lipinski definition) is 0. The van der Waals surface area contributed by atoms with Gasteiger partial charge in [-0.15, -0.1) is 0 Å². The summed E-state index contributed by atoms with van der Waals surface area (Å²) in [4.78, 5) is 0. The van der Waals surface area contributed by atoms with Crippen molar-refractivity contribution in [3.05, 3.63) is 29.3 Å². The quantitative estimate of drug-likeness (QED) is 0.729. The molecule has 1 heterocycles. The van der Waals surface area contributed by atoms with Gasteiger partial charge in [0.15, 0.2) is 0 Å². The predicted octanol–water partition coefficient (Wildman–Crippen LogP) is 3.43. The van der Waals surface area contributed by atoms with E-state index in [0.29, 0.717) is 5.60 Å². The highest BCUT2D eigenvalue weighted by atomic mass is 16.6. The molecule has 0 aromatic heterocycles. The minimum absolute atomic E-state index is 0.304. The summed E-state index contributed by atoms with van der Waals surface area (Å²) in [5, 5.41) is 0. The monoisotopic (exact) mass is 232 g/mol. The van der Waals surface area contributed by atoms with Crippen molar-refractivity contribution in [1.82, 2.24) is 0 Å². The maximum absolute atomic E-state index is 5.56.